The molecule has 13 heavy (non-hydrogen) atoms. The van der Waals surface area contributed by atoms with Gasteiger partial charge >= 0.3 is 13.6 Å². The minimum atomic E-state index is -4.37. The van der Waals surface area contributed by atoms with Crippen LogP contribution >= 0.6 is 12.4 Å². The molecule has 0 aromatic rings. The second-order valence-corrected chi connectivity index (χ2v) is 2.62. The fraction of sp³-hybridized carbons (Fsp3) is 0.833. The average Bonchev–Trinajstić information content (AvgIpc) is 1.85. The predicted octanol–water partition coefficient (Wildman–Crippen LogP) is 1.52. The molecule has 0 amide bonds. The molecule has 0 aromatic carbocycles. The first kappa shape index (κ1) is 15.0. The van der Waals surface area contributed by atoms with Gasteiger partial charge in [0.05, 0.1) is 5.92 Å². The number of hydrogen-bond donors (Lipinski definition) is 2. The van der Waals surface area contributed by atoms with Crippen molar-refractivity contribution in [1.29, 1.82) is 0 Å². The minimum Gasteiger partial charge on any atom is -0.480 e. The molecular formula is C6H12ClF3NO2+. The lowest BCUT2D eigenvalue weighted by atomic mass is 10.0. The quantitative estimate of drug-likeness (QED) is 0.761. The van der Waals surface area contributed by atoms with Crippen LogP contribution in [-0.2, 0) is 4.79 Å². The molecule has 1 unspecified atom stereocenters. The lowest BCUT2D eigenvalue weighted by Gasteiger charge is -2.16. The van der Waals surface area contributed by atoms with E-state index < -0.39 is 30.5 Å². The summed E-state index contributed by atoms with van der Waals surface area (Å²) in [4.78, 5) is 10.1. The topological polar surface area (TPSA) is 63.3 Å². The number of carbonyl (C=O) groups is 1. The Balaban J connectivity index is -0.000000605. The number of carboxylic acids is 1. The lowest BCUT2D eigenvalue weighted by molar-refractivity contribution is -0.173. The molecule has 0 saturated carbocycles. The molecule has 3 nitrogen and oxygen atoms in total. The van der Waals surface area contributed by atoms with E-state index in [-0.39, 0.29) is 13.8 Å². The van der Waals surface area contributed by atoms with Crippen LogP contribution in [0.3, 0.4) is 0 Å². The Morgan fingerprint density at radius 1 is 1.62 bits per heavy atom. The molecule has 0 heterocycles. The number of halogens is 4. The number of aliphatic carboxylic acids is 1. The molecule has 0 aliphatic heterocycles. The smallest absolute Gasteiger partial charge is 0.480 e. The number of carboxylic acid groups (broad SMARTS) is 1. The summed E-state index contributed by atoms with van der Waals surface area (Å²) in [6.45, 7) is 0.906. The van der Waals surface area contributed by atoms with E-state index in [4.69, 9.17) is 10.8 Å². The van der Waals surface area contributed by atoms with Crippen molar-refractivity contribution in [2.45, 2.75) is 25.6 Å². The maximum absolute atomic E-state index is 11.8. The highest BCUT2D eigenvalue weighted by Crippen LogP contribution is 2.28. The van der Waals surface area contributed by atoms with Crippen LogP contribution in [0.2, 0.25) is 0 Å². The molecule has 3 N–H and O–H groups in total. The summed E-state index contributed by atoms with van der Waals surface area (Å²) in [7, 11) is 0. The summed E-state index contributed by atoms with van der Waals surface area (Å²) in [5.41, 5.74) is 4.91. The van der Waals surface area contributed by atoms with E-state index in [9.17, 15) is 18.0 Å². The second kappa shape index (κ2) is 5.29. The molecule has 0 aliphatic carbocycles. The third kappa shape index (κ3) is 5.70. The summed E-state index contributed by atoms with van der Waals surface area (Å²) in [6, 6.07) is -1.44. The summed E-state index contributed by atoms with van der Waals surface area (Å²) in [5, 5.41) is 8.20. The molecule has 0 aromatic heterocycles. The van der Waals surface area contributed by atoms with Crippen molar-refractivity contribution in [3.8, 4) is 0 Å². The van der Waals surface area contributed by atoms with Gasteiger partial charge in [-0.1, -0.05) is 6.92 Å². The molecular weight excluding hydrogens is 211 g/mol. The van der Waals surface area contributed by atoms with Gasteiger partial charge in [-0.25, -0.2) is 0 Å². The predicted molar refractivity (Wildman–Crippen MR) is 43.8 cm³/mol. The summed E-state index contributed by atoms with van der Waals surface area (Å²) >= 11 is 0. The number of nitrogens with two attached hydrogens (primary N) is 1. The minimum absolute atomic E-state index is 0. The van der Waals surface area contributed by atoms with Gasteiger partial charge in [-0.05, 0) is 6.42 Å². The lowest BCUT2D eigenvalue weighted by Crippen LogP contribution is -2.35. The average molecular weight is 223 g/mol. The van der Waals surface area contributed by atoms with Crippen molar-refractivity contribution in [2.24, 2.45) is 11.7 Å². The van der Waals surface area contributed by atoms with Crippen LogP contribution < -0.4 is 5.73 Å². The van der Waals surface area contributed by atoms with E-state index >= 15 is 0 Å². The summed E-state index contributed by atoms with van der Waals surface area (Å²) < 4.78 is 35.5. The molecule has 0 bridgehead atoms. The van der Waals surface area contributed by atoms with Gasteiger partial charge in [-0.3, -0.25) is 4.79 Å². The molecule has 0 saturated heterocycles. The van der Waals surface area contributed by atoms with Gasteiger partial charge in [0.25, 0.3) is 0 Å². The standard InChI is InChI=1S/C6H10F3NO2.ClH/c1-3(6(7,8)9)2-4(10)5(11)12;/h3-4H,2,10H2,1H3,(H,11,12);1H/p+1/t3-,4?;/m0./s1. The summed E-state index contributed by atoms with van der Waals surface area (Å²) in [6.07, 6.45) is -4.95. The van der Waals surface area contributed by atoms with E-state index in [2.05, 4.69) is 0 Å². The highest BCUT2D eigenvalue weighted by Gasteiger charge is 2.37. The van der Waals surface area contributed by atoms with E-state index in [1.54, 1.807) is 0 Å². The number of hydrogen-bond acceptors (Lipinski definition) is 2. The largest absolute Gasteiger partial charge is 1.00 e. The van der Waals surface area contributed by atoms with Crippen molar-refractivity contribution in [3.05, 3.63) is 0 Å². The van der Waals surface area contributed by atoms with Crippen LogP contribution in [0, 0.1) is 5.92 Å². The Hall–Kier alpha value is -0.490. The maximum atomic E-state index is 11.8. The van der Waals surface area contributed by atoms with Crippen molar-refractivity contribution in [2.75, 3.05) is 0 Å². The normalized spacial score (nSPS) is 15.8. The third-order valence-corrected chi connectivity index (χ3v) is 1.48. The molecule has 7 heteroatoms. The van der Waals surface area contributed by atoms with Gasteiger partial charge in [0.1, 0.15) is 6.04 Å². The SMILES string of the molecule is C[C@@H](CC(N)C(=O)O)C(F)(F)F.Cl.[H+]. The van der Waals surface area contributed by atoms with E-state index in [0.717, 1.165) is 6.92 Å². The highest BCUT2D eigenvalue weighted by molar-refractivity contribution is 5.85. The first-order valence-corrected chi connectivity index (χ1v) is 3.30. The zero-order valence-corrected chi connectivity index (χ0v) is 7.65. The van der Waals surface area contributed by atoms with E-state index in [1.807, 2.05) is 0 Å². The van der Waals surface area contributed by atoms with E-state index in [0.29, 0.717) is 0 Å². The zero-order valence-electron chi connectivity index (χ0n) is 7.84. The first-order valence-electron chi connectivity index (χ1n) is 3.30. The second-order valence-electron chi connectivity index (χ2n) is 2.62. The molecule has 0 fully saturated rings. The van der Waals surface area contributed by atoms with E-state index in [1.165, 1.54) is 0 Å². The van der Waals surface area contributed by atoms with Gasteiger partial charge in [0.15, 0.2) is 0 Å². The van der Waals surface area contributed by atoms with Gasteiger partial charge in [-0.15, -0.1) is 12.4 Å². The third-order valence-electron chi connectivity index (χ3n) is 1.48. The Kier molecular flexibility index (Phi) is 6.10. The van der Waals surface area contributed by atoms with Crippen molar-refractivity contribution in [3.63, 3.8) is 0 Å². The molecule has 0 spiro atoms. The van der Waals surface area contributed by atoms with Gasteiger partial charge in [0, 0.05) is 0 Å². The Morgan fingerprint density at radius 2 is 2.00 bits per heavy atom. The maximum Gasteiger partial charge on any atom is 1.00 e. The van der Waals surface area contributed by atoms with Crippen LogP contribution in [-0.4, -0.2) is 23.3 Å². The molecule has 0 radical (unpaired) electrons. The van der Waals surface area contributed by atoms with Crippen molar-refractivity contribution in [1.82, 2.24) is 0 Å². The van der Waals surface area contributed by atoms with Crippen LogP contribution in [0.1, 0.15) is 14.8 Å². The van der Waals surface area contributed by atoms with Crippen molar-refractivity contribution >= 4 is 18.4 Å². The molecule has 80 valence electrons. The molecule has 0 rings (SSSR count). The molecule has 2 atom stereocenters. The fourth-order valence-corrected chi connectivity index (χ4v) is 0.615. The van der Waals surface area contributed by atoms with Crippen molar-refractivity contribution < 1.29 is 24.5 Å². The van der Waals surface area contributed by atoms with Gasteiger partial charge in [0.2, 0.25) is 0 Å². The fourth-order valence-electron chi connectivity index (χ4n) is 0.615. The number of rotatable bonds is 3. The summed E-state index contributed by atoms with van der Waals surface area (Å²) in [5.74, 6) is -3.09. The monoisotopic (exact) mass is 222 g/mol. The number of alkyl halides is 3. The Labute approximate surface area is 81.0 Å². The van der Waals surface area contributed by atoms with Crippen LogP contribution in [0.15, 0.2) is 0 Å². The van der Waals surface area contributed by atoms with Gasteiger partial charge < -0.3 is 10.8 Å². The molecule has 0 aliphatic rings. The zero-order chi connectivity index (χ0) is 9.94. The first-order chi connectivity index (χ1) is 5.25. The van der Waals surface area contributed by atoms with Gasteiger partial charge in [-0.2, -0.15) is 13.2 Å². The highest BCUT2D eigenvalue weighted by atomic mass is 35.5. The Morgan fingerprint density at radius 3 is 2.23 bits per heavy atom. The van der Waals surface area contributed by atoms with Crippen LogP contribution in [0.25, 0.3) is 0 Å². The van der Waals surface area contributed by atoms with Crippen LogP contribution in [0.5, 0.6) is 0 Å². The Bertz CT molecular complexity index is 179. The van der Waals surface area contributed by atoms with Crippen LogP contribution in [0.4, 0.5) is 13.2 Å².